The first kappa shape index (κ1) is 12.6. The highest BCUT2D eigenvalue weighted by Crippen LogP contribution is 2.11. The zero-order valence-electron chi connectivity index (χ0n) is 9.53. The minimum absolute atomic E-state index is 0.00200. The molecule has 0 spiro atoms. The molecule has 0 aliphatic carbocycles. The molecular weight excluding hydrogens is 209 g/mol. The van der Waals surface area contributed by atoms with E-state index in [4.69, 9.17) is 5.11 Å². The molecule has 16 heavy (non-hydrogen) atoms. The molecule has 0 aromatic heterocycles. The highest BCUT2D eigenvalue weighted by atomic mass is 19.1. The van der Waals surface area contributed by atoms with Crippen molar-refractivity contribution in [2.75, 3.05) is 13.1 Å². The molecule has 0 unspecified atom stereocenters. The summed E-state index contributed by atoms with van der Waals surface area (Å²) in [4.78, 5) is 12.8. The Morgan fingerprint density at radius 1 is 1.31 bits per heavy atom. The van der Waals surface area contributed by atoms with Gasteiger partial charge in [-0.2, -0.15) is 0 Å². The normalized spacial score (nSPS) is 10.8. The van der Waals surface area contributed by atoms with Crippen LogP contribution in [0.3, 0.4) is 0 Å². The summed E-state index contributed by atoms with van der Waals surface area (Å²) in [6.07, 6.45) is 0. The summed E-state index contributed by atoms with van der Waals surface area (Å²) >= 11 is 0. The molecular formula is C12H16FNO2. The van der Waals surface area contributed by atoms with Crippen LogP contribution in [-0.2, 0) is 6.54 Å². The lowest BCUT2D eigenvalue weighted by molar-refractivity contribution is 0.0696. The highest BCUT2D eigenvalue weighted by molar-refractivity contribution is 5.87. The fraction of sp³-hybridized carbons (Fsp3) is 0.417. The molecule has 4 heteroatoms. The third-order valence-corrected chi connectivity index (χ3v) is 2.51. The van der Waals surface area contributed by atoms with E-state index in [9.17, 15) is 9.18 Å². The van der Waals surface area contributed by atoms with Gasteiger partial charge in [0.1, 0.15) is 5.82 Å². The van der Waals surface area contributed by atoms with Gasteiger partial charge in [-0.05, 0) is 36.9 Å². The molecule has 1 rings (SSSR count). The number of hydrogen-bond acceptors (Lipinski definition) is 2. The van der Waals surface area contributed by atoms with Gasteiger partial charge in [0.25, 0.3) is 0 Å². The van der Waals surface area contributed by atoms with Crippen molar-refractivity contribution in [2.24, 2.45) is 0 Å². The number of hydrogen-bond donors (Lipinski definition) is 1. The average molecular weight is 225 g/mol. The van der Waals surface area contributed by atoms with Crippen LogP contribution in [0.1, 0.15) is 29.8 Å². The fourth-order valence-electron chi connectivity index (χ4n) is 1.57. The van der Waals surface area contributed by atoms with Gasteiger partial charge >= 0.3 is 5.97 Å². The Balaban J connectivity index is 2.91. The minimum atomic E-state index is -1.10. The smallest absolute Gasteiger partial charge is 0.335 e. The number of halogens is 1. The summed E-state index contributed by atoms with van der Waals surface area (Å²) in [7, 11) is 0. The predicted molar refractivity (Wildman–Crippen MR) is 60.0 cm³/mol. The topological polar surface area (TPSA) is 40.5 Å². The van der Waals surface area contributed by atoms with Crippen molar-refractivity contribution in [1.82, 2.24) is 4.90 Å². The lowest BCUT2D eigenvalue weighted by Gasteiger charge is -2.18. The zero-order valence-corrected chi connectivity index (χ0v) is 9.53. The van der Waals surface area contributed by atoms with Gasteiger partial charge in [-0.25, -0.2) is 9.18 Å². The molecule has 0 saturated carbocycles. The van der Waals surface area contributed by atoms with Crippen molar-refractivity contribution in [2.45, 2.75) is 20.4 Å². The molecule has 0 atom stereocenters. The summed E-state index contributed by atoms with van der Waals surface area (Å²) in [5.74, 6) is -1.60. The van der Waals surface area contributed by atoms with Gasteiger partial charge in [0.05, 0.1) is 5.56 Å². The Kier molecular flexibility index (Phi) is 4.43. The Bertz CT molecular complexity index is 375. The molecule has 0 aliphatic heterocycles. The van der Waals surface area contributed by atoms with Crippen LogP contribution < -0.4 is 0 Å². The number of carboxylic acids is 1. The van der Waals surface area contributed by atoms with Gasteiger partial charge in [-0.1, -0.05) is 13.8 Å². The Hall–Kier alpha value is -1.42. The van der Waals surface area contributed by atoms with Gasteiger partial charge in [0, 0.05) is 6.54 Å². The number of nitrogens with zero attached hydrogens (tertiary/aromatic N) is 1. The van der Waals surface area contributed by atoms with Crippen LogP contribution in [0, 0.1) is 5.82 Å². The molecule has 0 radical (unpaired) electrons. The Morgan fingerprint density at radius 2 is 1.94 bits per heavy atom. The number of aromatic carboxylic acids is 1. The van der Waals surface area contributed by atoms with E-state index in [1.807, 2.05) is 13.8 Å². The summed E-state index contributed by atoms with van der Waals surface area (Å²) in [5.41, 5.74) is 0.697. The van der Waals surface area contributed by atoms with Gasteiger partial charge in [-0.3, -0.25) is 4.90 Å². The highest BCUT2D eigenvalue weighted by Gasteiger charge is 2.08. The summed E-state index contributed by atoms with van der Waals surface area (Å²) in [6, 6.07) is 3.93. The van der Waals surface area contributed by atoms with Gasteiger partial charge in [0.2, 0.25) is 0 Å². The average Bonchev–Trinajstić information content (AvgIpc) is 2.25. The molecule has 1 aromatic rings. The van der Waals surface area contributed by atoms with Crippen molar-refractivity contribution >= 4 is 5.97 Å². The molecule has 0 amide bonds. The monoisotopic (exact) mass is 225 g/mol. The predicted octanol–water partition coefficient (Wildman–Crippen LogP) is 2.37. The Labute approximate surface area is 94.5 Å². The fourth-order valence-corrected chi connectivity index (χ4v) is 1.57. The maximum absolute atomic E-state index is 13.2. The zero-order chi connectivity index (χ0) is 12.1. The first-order chi connectivity index (χ1) is 7.56. The van der Waals surface area contributed by atoms with Gasteiger partial charge in [0.15, 0.2) is 0 Å². The minimum Gasteiger partial charge on any atom is -0.478 e. The summed E-state index contributed by atoms with van der Waals surface area (Å²) < 4.78 is 13.2. The van der Waals surface area contributed by atoms with Crippen LogP contribution in [0.4, 0.5) is 4.39 Å². The van der Waals surface area contributed by atoms with Crippen molar-refractivity contribution in [3.05, 3.63) is 35.1 Å². The maximum Gasteiger partial charge on any atom is 0.335 e. The molecule has 0 saturated heterocycles. The van der Waals surface area contributed by atoms with Crippen LogP contribution in [0.2, 0.25) is 0 Å². The number of benzene rings is 1. The molecule has 0 heterocycles. The number of rotatable bonds is 5. The van der Waals surface area contributed by atoms with Crippen molar-refractivity contribution in [3.63, 3.8) is 0 Å². The maximum atomic E-state index is 13.2. The first-order valence-corrected chi connectivity index (χ1v) is 5.32. The second-order valence-electron chi connectivity index (χ2n) is 3.61. The lowest BCUT2D eigenvalue weighted by atomic mass is 10.1. The molecule has 0 bridgehead atoms. The molecule has 1 N–H and O–H groups in total. The van der Waals surface area contributed by atoms with E-state index in [1.165, 1.54) is 12.1 Å². The van der Waals surface area contributed by atoms with Crippen molar-refractivity contribution in [1.29, 1.82) is 0 Å². The van der Waals surface area contributed by atoms with Crippen LogP contribution in [0.15, 0.2) is 18.2 Å². The summed E-state index contributed by atoms with van der Waals surface area (Å²) in [5, 5.41) is 8.80. The van der Waals surface area contributed by atoms with Crippen molar-refractivity contribution in [3.8, 4) is 0 Å². The van der Waals surface area contributed by atoms with Crippen molar-refractivity contribution < 1.29 is 14.3 Å². The van der Waals surface area contributed by atoms with Crippen LogP contribution in [0.25, 0.3) is 0 Å². The number of carboxylic acid groups (broad SMARTS) is 1. The standard InChI is InChI=1S/C12H16FNO2/c1-3-14(4-2)8-9-5-10(12(15)16)7-11(13)6-9/h5-7H,3-4,8H2,1-2H3,(H,15,16). The quantitative estimate of drug-likeness (QED) is 0.836. The van der Waals surface area contributed by atoms with E-state index < -0.39 is 11.8 Å². The SMILES string of the molecule is CCN(CC)Cc1cc(F)cc(C(=O)O)c1. The third-order valence-electron chi connectivity index (χ3n) is 2.51. The summed E-state index contributed by atoms with van der Waals surface area (Å²) in [6.45, 7) is 6.32. The van der Waals surface area contributed by atoms with Crippen LogP contribution in [0.5, 0.6) is 0 Å². The van der Waals surface area contributed by atoms with Crippen LogP contribution >= 0.6 is 0 Å². The molecule has 0 fully saturated rings. The van der Waals surface area contributed by atoms with E-state index in [-0.39, 0.29) is 5.56 Å². The van der Waals surface area contributed by atoms with E-state index in [0.29, 0.717) is 12.1 Å². The van der Waals surface area contributed by atoms with E-state index in [0.717, 1.165) is 19.2 Å². The molecule has 0 aliphatic rings. The van der Waals surface area contributed by atoms with E-state index in [1.54, 1.807) is 0 Å². The Morgan fingerprint density at radius 3 is 2.44 bits per heavy atom. The van der Waals surface area contributed by atoms with Gasteiger partial charge < -0.3 is 5.11 Å². The van der Waals surface area contributed by atoms with E-state index >= 15 is 0 Å². The van der Waals surface area contributed by atoms with Gasteiger partial charge in [-0.15, -0.1) is 0 Å². The second kappa shape index (κ2) is 5.61. The molecule has 3 nitrogen and oxygen atoms in total. The third kappa shape index (κ3) is 3.31. The number of carbonyl (C=O) groups is 1. The van der Waals surface area contributed by atoms with E-state index in [2.05, 4.69) is 4.90 Å². The largest absolute Gasteiger partial charge is 0.478 e. The first-order valence-electron chi connectivity index (χ1n) is 5.32. The second-order valence-corrected chi connectivity index (χ2v) is 3.61. The lowest BCUT2D eigenvalue weighted by Crippen LogP contribution is -2.22. The molecule has 1 aromatic carbocycles. The molecule has 88 valence electrons. The van der Waals surface area contributed by atoms with Crippen LogP contribution in [-0.4, -0.2) is 29.1 Å².